The fraction of sp³-hybridized carbons (Fsp3) is 0.182. The van der Waals surface area contributed by atoms with Gasteiger partial charge in [-0.1, -0.05) is 23.2 Å². The minimum atomic E-state index is 0.337. The summed E-state index contributed by atoms with van der Waals surface area (Å²) in [6, 6.07) is 7.28. The molecule has 0 unspecified atom stereocenters. The zero-order valence-corrected chi connectivity index (χ0v) is 8.03. The van der Waals surface area contributed by atoms with Gasteiger partial charge in [-0.15, -0.1) is 6.42 Å². The molecule has 0 aliphatic carbocycles. The molecule has 0 atom stereocenters. The lowest BCUT2D eigenvalue weighted by molar-refractivity contribution is 0.158. The highest BCUT2D eigenvalue weighted by molar-refractivity contribution is 5.97. The Morgan fingerprint density at radius 2 is 2.43 bits per heavy atom. The van der Waals surface area contributed by atoms with E-state index < -0.39 is 0 Å². The third-order valence-corrected chi connectivity index (χ3v) is 1.62. The molecule has 0 fully saturated rings. The molecule has 0 radical (unpaired) electrons. The van der Waals surface area contributed by atoms with Crippen molar-refractivity contribution in [2.45, 2.75) is 6.92 Å². The monoisotopic (exact) mass is 188 g/mol. The quantitative estimate of drug-likeness (QED) is 0.336. The number of hydrogen-bond acceptors (Lipinski definition) is 2. The van der Waals surface area contributed by atoms with Gasteiger partial charge in [-0.3, -0.25) is 0 Å². The molecule has 0 saturated carbocycles. The van der Waals surface area contributed by atoms with Crippen molar-refractivity contribution < 1.29 is 4.84 Å². The van der Waals surface area contributed by atoms with E-state index in [0.717, 1.165) is 11.1 Å². The van der Waals surface area contributed by atoms with Crippen LogP contribution in [0.1, 0.15) is 18.1 Å². The van der Waals surface area contributed by atoms with Gasteiger partial charge < -0.3 is 10.6 Å². The van der Waals surface area contributed by atoms with Crippen LogP contribution in [0.4, 0.5) is 0 Å². The molecular formula is C11H12N2O. The van der Waals surface area contributed by atoms with Crippen molar-refractivity contribution in [1.29, 1.82) is 0 Å². The number of benzene rings is 1. The maximum absolute atomic E-state index is 5.66. The number of amidine groups is 1. The van der Waals surface area contributed by atoms with Crippen LogP contribution in [0.15, 0.2) is 29.4 Å². The Morgan fingerprint density at radius 3 is 3.07 bits per heavy atom. The van der Waals surface area contributed by atoms with Gasteiger partial charge in [0, 0.05) is 11.1 Å². The first-order valence-electron chi connectivity index (χ1n) is 4.30. The van der Waals surface area contributed by atoms with E-state index in [0.29, 0.717) is 12.4 Å². The van der Waals surface area contributed by atoms with Crippen LogP contribution in [0, 0.1) is 12.3 Å². The molecule has 0 aliphatic rings. The van der Waals surface area contributed by atoms with Crippen LogP contribution < -0.4 is 5.73 Å². The summed E-state index contributed by atoms with van der Waals surface area (Å²) in [6.45, 7) is 2.34. The Balaban J connectivity index is 2.91. The summed E-state index contributed by atoms with van der Waals surface area (Å²) in [5.74, 6) is 2.86. The molecule has 0 saturated heterocycles. The molecule has 1 aromatic carbocycles. The highest BCUT2D eigenvalue weighted by Gasteiger charge is 1.98. The Kier molecular flexibility index (Phi) is 3.57. The van der Waals surface area contributed by atoms with Crippen LogP contribution in [-0.2, 0) is 4.84 Å². The molecular weight excluding hydrogens is 176 g/mol. The molecule has 2 N–H and O–H groups in total. The Bertz CT molecular complexity index is 377. The number of rotatable bonds is 3. The van der Waals surface area contributed by atoms with E-state index >= 15 is 0 Å². The van der Waals surface area contributed by atoms with Crippen molar-refractivity contribution in [1.82, 2.24) is 0 Å². The second-order valence-corrected chi connectivity index (χ2v) is 2.62. The Morgan fingerprint density at radius 1 is 1.64 bits per heavy atom. The fourth-order valence-electron chi connectivity index (χ4n) is 0.955. The standard InChI is InChI=1S/C11H12N2O/c1-3-9-6-5-7-10(8-9)11(12)13-14-4-2/h1,5-8H,4H2,2H3,(H2,12,13). The van der Waals surface area contributed by atoms with Crippen LogP contribution in [0.2, 0.25) is 0 Å². The molecule has 3 nitrogen and oxygen atoms in total. The highest BCUT2D eigenvalue weighted by Crippen LogP contribution is 2.03. The summed E-state index contributed by atoms with van der Waals surface area (Å²) in [5.41, 5.74) is 7.21. The fourth-order valence-corrected chi connectivity index (χ4v) is 0.955. The van der Waals surface area contributed by atoms with Crippen LogP contribution >= 0.6 is 0 Å². The second kappa shape index (κ2) is 4.93. The molecule has 3 heteroatoms. The van der Waals surface area contributed by atoms with E-state index in [4.69, 9.17) is 17.0 Å². The first-order chi connectivity index (χ1) is 6.77. The van der Waals surface area contributed by atoms with Gasteiger partial charge in [0.1, 0.15) is 6.61 Å². The molecule has 0 aliphatic heterocycles. The highest BCUT2D eigenvalue weighted by atomic mass is 16.6. The number of terminal acetylenes is 1. The molecule has 0 aromatic heterocycles. The van der Waals surface area contributed by atoms with Crippen LogP contribution in [0.3, 0.4) is 0 Å². The number of hydrogen-bond donors (Lipinski definition) is 1. The maximum Gasteiger partial charge on any atom is 0.170 e. The van der Waals surface area contributed by atoms with Crippen molar-refractivity contribution in [2.24, 2.45) is 10.9 Å². The van der Waals surface area contributed by atoms with Gasteiger partial charge in [0.15, 0.2) is 5.84 Å². The summed E-state index contributed by atoms with van der Waals surface area (Å²) in [5, 5.41) is 3.71. The topological polar surface area (TPSA) is 47.6 Å². The van der Waals surface area contributed by atoms with Crippen molar-refractivity contribution in [2.75, 3.05) is 6.61 Å². The molecule has 72 valence electrons. The van der Waals surface area contributed by atoms with E-state index in [2.05, 4.69) is 11.1 Å². The Labute approximate surface area is 83.6 Å². The average molecular weight is 188 g/mol. The van der Waals surface area contributed by atoms with E-state index in [1.165, 1.54) is 0 Å². The van der Waals surface area contributed by atoms with Gasteiger partial charge in [0.25, 0.3) is 0 Å². The van der Waals surface area contributed by atoms with Gasteiger partial charge in [-0.2, -0.15) is 0 Å². The largest absolute Gasteiger partial charge is 0.394 e. The number of nitrogens with zero attached hydrogens (tertiary/aromatic N) is 1. The van der Waals surface area contributed by atoms with E-state index in [-0.39, 0.29) is 0 Å². The SMILES string of the molecule is C#Cc1cccc(/C(N)=N/OCC)c1. The van der Waals surface area contributed by atoms with Gasteiger partial charge in [0.05, 0.1) is 0 Å². The number of oxime groups is 1. The van der Waals surface area contributed by atoms with E-state index in [9.17, 15) is 0 Å². The number of nitrogens with two attached hydrogens (primary N) is 1. The summed E-state index contributed by atoms with van der Waals surface area (Å²) in [4.78, 5) is 4.83. The van der Waals surface area contributed by atoms with Gasteiger partial charge in [-0.05, 0) is 19.1 Å². The first-order valence-corrected chi connectivity index (χ1v) is 4.30. The minimum Gasteiger partial charge on any atom is -0.394 e. The van der Waals surface area contributed by atoms with Gasteiger partial charge in [-0.25, -0.2) is 0 Å². The summed E-state index contributed by atoms with van der Waals surface area (Å²) < 4.78 is 0. The zero-order valence-electron chi connectivity index (χ0n) is 8.03. The second-order valence-electron chi connectivity index (χ2n) is 2.62. The third kappa shape index (κ3) is 2.53. The van der Waals surface area contributed by atoms with E-state index in [1.807, 2.05) is 25.1 Å². The minimum absolute atomic E-state index is 0.337. The van der Waals surface area contributed by atoms with Gasteiger partial charge >= 0.3 is 0 Å². The lowest BCUT2D eigenvalue weighted by atomic mass is 10.1. The van der Waals surface area contributed by atoms with Crippen LogP contribution in [0.5, 0.6) is 0 Å². The summed E-state index contributed by atoms with van der Waals surface area (Å²) >= 11 is 0. The van der Waals surface area contributed by atoms with Crippen molar-refractivity contribution in [3.63, 3.8) is 0 Å². The van der Waals surface area contributed by atoms with Crippen LogP contribution in [0.25, 0.3) is 0 Å². The molecule has 0 spiro atoms. The van der Waals surface area contributed by atoms with Crippen LogP contribution in [-0.4, -0.2) is 12.4 Å². The molecule has 0 bridgehead atoms. The predicted octanol–water partition coefficient (Wildman–Crippen LogP) is 1.32. The van der Waals surface area contributed by atoms with Crippen molar-refractivity contribution in [3.05, 3.63) is 35.4 Å². The predicted molar refractivity (Wildman–Crippen MR) is 56.7 cm³/mol. The summed E-state index contributed by atoms with van der Waals surface area (Å²) in [7, 11) is 0. The first kappa shape index (κ1) is 10.1. The Hall–Kier alpha value is -1.95. The third-order valence-electron chi connectivity index (χ3n) is 1.62. The normalized spacial score (nSPS) is 10.7. The smallest absolute Gasteiger partial charge is 0.170 e. The molecule has 0 heterocycles. The van der Waals surface area contributed by atoms with Gasteiger partial charge in [0.2, 0.25) is 0 Å². The molecule has 1 rings (SSSR count). The molecule has 0 amide bonds. The average Bonchev–Trinajstić information content (AvgIpc) is 2.26. The maximum atomic E-state index is 5.66. The van der Waals surface area contributed by atoms with Crippen molar-refractivity contribution in [3.8, 4) is 12.3 Å². The van der Waals surface area contributed by atoms with Crippen molar-refractivity contribution >= 4 is 5.84 Å². The van der Waals surface area contributed by atoms with E-state index in [1.54, 1.807) is 6.07 Å². The lowest BCUT2D eigenvalue weighted by Crippen LogP contribution is -2.13. The lowest BCUT2D eigenvalue weighted by Gasteiger charge is -2.00. The molecule has 14 heavy (non-hydrogen) atoms. The molecule has 1 aromatic rings. The zero-order chi connectivity index (χ0) is 10.4. The summed E-state index contributed by atoms with van der Waals surface area (Å²) in [6.07, 6.45) is 5.26.